The minimum atomic E-state index is 0.915. The second kappa shape index (κ2) is 7.60. The fourth-order valence-corrected chi connectivity index (χ4v) is 5.80. The third-order valence-corrected chi connectivity index (χ3v) is 7.38. The van der Waals surface area contributed by atoms with Crippen molar-refractivity contribution in [2.75, 3.05) is 7.11 Å². The first kappa shape index (κ1) is 19.8. The maximum absolute atomic E-state index is 5.50. The minimum Gasteiger partial charge on any atom is -0.497 e. The smallest absolute Gasteiger partial charge is 0.119 e. The van der Waals surface area contributed by atoms with Gasteiger partial charge in [0.1, 0.15) is 5.75 Å². The number of halogens is 1. The lowest BCUT2D eigenvalue weighted by atomic mass is 9.78. The van der Waals surface area contributed by atoms with E-state index < -0.39 is 0 Å². The highest BCUT2D eigenvalue weighted by molar-refractivity contribution is 9.10. The number of methoxy groups -OCH3 is 1. The van der Waals surface area contributed by atoms with Crippen molar-refractivity contribution in [3.8, 4) is 39.4 Å². The fourth-order valence-electron chi connectivity index (χ4n) is 5.41. The van der Waals surface area contributed by atoms with Crippen LogP contribution in [-0.4, -0.2) is 12.1 Å². The summed E-state index contributed by atoms with van der Waals surface area (Å²) in [5, 5.41) is 0. The Bertz CT molecular complexity index is 1390. The molecule has 0 N–H and O–H groups in total. The van der Waals surface area contributed by atoms with Gasteiger partial charge < -0.3 is 4.74 Å². The molecule has 1 heterocycles. The van der Waals surface area contributed by atoms with Gasteiger partial charge in [-0.25, -0.2) is 4.98 Å². The molecule has 0 saturated heterocycles. The number of rotatable bonds is 2. The zero-order valence-corrected chi connectivity index (χ0v) is 19.9. The van der Waals surface area contributed by atoms with Crippen molar-refractivity contribution in [2.45, 2.75) is 32.6 Å². The molecular weight excluding hydrogens is 458 g/mol. The molecular formula is C29H24BrNO. The highest BCUT2D eigenvalue weighted by atomic mass is 79.9. The highest BCUT2D eigenvalue weighted by Crippen LogP contribution is 2.46. The van der Waals surface area contributed by atoms with Gasteiger partial charge in [-0.05, 0) is 96.3 Å². The summed E-state index contributed by atoms with van der Waals surface area (Å²) < 4.78 is 6.61. The Balaban J connectivity index is 1.68. The van der Waals surface area contributed by atoms with Crippen molar-refractivity contribution >= 4 is 15.9 Å². The van der Waals surface area contributed by atoms with Crippen LogP contribution in [0.1, 0.15) is 27.8 Å². The van der Waals surface area contributed by atoms with E-state index in [1.807, 2.05) is 0 Å². The number of nitrogens with zero attached hydrogens (tertiary/aromatic N) is 1. The first-order valence-electron chi connectivity index (χ1n) is 11.2. The molecule has 0 amide bonds. The van der Waals surface area contributed by atoms with Crippen molar-refractivity contribution < 1.29 is 4.74 Å². The van der Waals surface area contributed by atoms with Crippen LogP contribution < -0.4 is 4.74 Å². The number of hydrogen-bond donors (Lipinski definition) is 0. The second-order valence-electron chi connectivity index (χ2n) is 8.84. The van der Waals surface area contributed by atoms with Gasteiger partial charge in [0.15, 0.2) is 0 Å². The largest absolute Gasteiger partial charge is 0.497 e. The van der Waals surface area contributed by atoms with Crippen LogP contribution in [0, 0.1) is 6.92 Å². The first-order chi connectivity index (χ1) is 15.6. The maximum Gasteiger partial charge on any atom is 0.119 e. The van der Waals surface area contributed by atoms with Gasteiger partial charge in [-0.1, -0.05) is 51.8 Å². The molecule has 0 spiro atoms. The summed E-state index contributed by atoms with van der Waals surface area (Å²) >= 11 is 3.70. The van der Waals surface area contributed by atoms with E-state index in [2.05, 4.69) is 83.5 Å². The van der Waals surface area contributed by atoms with E-state index in [0.717, 1.165) is 47.3 Å². The van der Waals surface area contributed by atoms with Crippen molar-refractivity contribution in [3.63, 3.8) is 0 Å². The normalized spacial score (nSPS) is 13.6. The summed E-state index contributed by atoms with van der Waals surface area (Å²) in [6.07, 6.45) is 4.11. The molecule has 32 heavy (non-hydrogen) atoms. The fraction of sp³-hybridized carbons (Fsp3) is 0.207. The highest BCUT2D eigenvalue weighted by Gasteiger charge is 2.29. The van der Waals surface area contributed by atoms with E-state index in [1.54, 1.807) is 7.11 Å². The molecule has 0 saturated carbocycles. The Morgan fingerprint density at radius 1 is 0.781 bits per heavy atom. The summed E-state index contributed by atoms with van der Waals surface area (Å²) in [5.74, 6) is 0.915. The van der Waals surface area contributed by atoms with Crippen LogP contribution in [0.4, 0.5) is 0 Å². The van der Waals surface area contributed by atoms with Crippen LogP contribution in [0.3, 0.4) is 0 Å². The number of aryl methyl sites for hydroxylation is 3. The Morgan fingerprint density at radius 2 is 1.47 bits per heavy atom. The number of hydrogen-bond acceptors (Lipinski definition) is 2. The Morgan fingerprint density at radius 3 is 2.16 bits per heavy atom. The van der Waals surface area contributed by atoms with Gasteiger partial charge >= 0.3 is 0 Å². The Labute approximate surface area is 197 Å². The van der Waals surface area contributed by atoms with Crippen LogP contribution in [0.2, 0.25) is 0 Å². The number of benzene rings is 3. The zero-order valence-electron chi connectivity index (χ0n) is 18.3. The third kappa shape index (κ3) is 3.10. The first-order valence-corrected chi connectivity index (χ1v) is 12.0. The number of pyridine rings is 1. The third-order valence-electron chi connectivity index (χ3n) is 6.88. The van der Waals surface area contributed by atoms with Crippen LogP contribution in [0.5, 0.6) is 5.75 Å². The average molecular weight is 482 g/mol. The van der Waals surface area contributed by atoms with E-state index in [-0.39, 0.29) is 0 Å². The quantitative estimate of drug-likeness (QED) is 0.298. The van der Waals surface area contributed by atoms with Crippen LogP contribution in [0.25, 0.3) is 33.6 Å². The van der Waals surface area contributed by atoms with Gasteiger partial charge in [-0.15, -0.1) is 0 Å². The van der Waals surface area contributed by atoms with E-state index >= 15 is 0 Å². The zero-order chi connectivity index (χ0) is 21.8. The van der Waals surface area contributed by atoms with Crippen molar-refractivity contribution in [1.29, 1.82) is 0 Å². The molecule has 3 heteroatoms. The van der Waals surface area contributed by atoms with Crippen molar-refractivity contribution in [1.82, 2.24) is 4.98 Å². The van der Waals surface area contributed by atoms with E-state index in [0.29, 0.717) is 0 Å². The number of ether oxygens (including phenoxy) is 1. The maximum atomic E-state index is 5.50. The standard InChI is InChI=1S/C29H24BrNO/c1-17-6-10-23-18(14-17)7-11-25-27(20-4-3-5-21(30)15-20)26-12-8-19-16-22(32-2)9-13-24(19)29(26)31-28(23)25/h3-6,9-10,13-16H,7-8,11-12H2,1-2H3. The van der Waals surface area contributed by atoms with Gasteiger partial charge in [0.05, 0.1) is 18.5 Å². The number of aromatic nitrogens is 1. The molecule has 0 radical (unpaired) electrons. The van der Waals surface area contributed by atoms with Crippen LogP contribution in [-0.2, 0) is 25.7 Å². The van der Waals surface area contributed by atoms with Gasteiger partial charge in [0.2, 0.25) is 0 Å². The Hall–Kier alpha value is -2.91. The van der Waals surface area contributed by atoms with Gasteiger partial charge in [0.25, 0.3) is 0 Å². The molecule has 2 nitrogen and oxygen atoms in total. The second-order valence-corrected chi connectivity index (χ2v) is 9.75. The van der Waals surface area contributed by atoms with Crippen molar-refractivity contribution in [2.24, 2.45) is 0 Å². The summed E-state index contributed by atoms with van der Waals surface area (Å²) in [5.41, 5.74) is 14.3. The van der Waals surface area contributed by atoms with Gasteiger partial charge in [-0.3, -0.25) is 0 Å². The molecule has 0 unspecified atom stereocenters. The monoisotopic (exact) mass is 481 g/mol. The molecule has 4 aromatic rings. The molecule has 3 aromatic carbocycles. The molecule has 0 fully saturated rings. The molecule has 1 aromatic heterocycles. The summed E-state index contributed by atoms with van der Waals surface area (Å²) in [7, 11) is 1.73. The lowest BCUT2D eigenvalue weighted by Gasteiger charge is -2.29. The molecule has 0 bridgehead atoms. The molecule has 6 rings (SSSR count). The van der Waals surface area contributed by atoms with Gasteiger partial charge in [0, 0.05) is 15.6 Å². The summed E-state index contributed by atoms with van der Waals surface area (Å²) in [6, 6.07) is 22.0. The predicted molar refractivity (Wildman–Crippen MR) is 134 cm³/mol. The topological polar surface area (TPSA) is 22.1 Å². The van der Waals surface area contributed by atoms with E-state index in [9.17, 15) is 0 Å². The summed E-state index contributed by atoms with van der Waals surface area (Å²) in [6.45, 7) is 2.17. The SMILES string of the molecule is COc1ccc2c(c1)CCc1c-2nc2c(c1-c1cccc(Br)c1)CCc1cc(C)ccc1-2. The minimum absolute atomic E-state index is 0.915. The van der Waals surface area contributed by atoms with Gasteiger partial charge in [-0.2, -0.15) is 0 Å². The summed E-state index contributed by atoms with van der Waals surface area (Å²) in [4.78, 5) is 5.38. The molecule has 0 aliphatic heterocycles. The van der Waals surface area contributed by atoms with Crippen LogP contribution >= 0.6 is 15.9 Å². The Kier molecular flexibility index (Phi) is 4.69. The van der Waals surface area contributed by atoms with Crippen molar-refractivity contribution in [3.05, 3.63) is 93.0 Å². The molecule has 2 aliphatic carbocycles. The van der Waals surface area contributed by atoms with Crippen LogP contribution in [0.15, 0.2) is 65.1 Å². The predicted octanol–water partition coefficient (Wildman–Crippen LogP) is 7.36. The lowest BCUT2D eigenvalue weighted by molar-refractivity contribution is 0.414. The molecule has 0 atom stereocenters. The van der Waals surface area contributed by atoms with E-state index in [1.165, 1.54) is 50.1 Å². The average Bonchev–Trinajstić information content (AvgIpc) is 2.81. The molecule has 158 valence electrons. The number of fused-ring (bicyclic) bond motifs is 6. The molecule has 2 aliphatic rings. The lowest BCUT2D eigenvalue weighted by Crippen LogP contribution is -2.15. The van der Waals surface area contributed by atoms with E-state index in [4.69, 9.17) is 9.72 Å².